The minimum absolute atomic E-state index is 0.0427. The van der Waals surface area contributed by atoms with Gasteiger partial charge in [-0.05, 0) is 54.8 Å². The zero-order valence-corrected chi connectivity index (χ0v) is 16.1. The van der Waals surface area contributed by atoms with Crippen molar-refractivity contribution in [2.75, 3.05) is 19.9 Å². The number of nitrogens with zero attached hydrogens (tertiary/aromatic N) is 1. The van der Waals surface area contributed by atoms with Crippen molar-refractivity contribution in [2.24, 2.45) is 0 Å². The van der Waals surface area contributed by atoms with Gasteiger partial charge >= 0.3 is 0 Å². The fourth-order valence-corrected chi connectivity index (χ4v) is 4.00. The van der Waals surface area contributed by atoms with Crippen molar-refractivity contribution in [3.63, 3.8) is 0 Å². The third-order valence-corrected chi connectivity index (χ3v) is 5.88. The van der Waals surface area contributed by atoms with Crippen LogP contribution in [0.4, 0.5) is 0 Å². The number of hydrogen-bond donors (Lipinski definition) is 0. The highest BCUT2D eigenvalue weighted by Crippen LogP contribution is 2.32. The maximum atomic E-state index is 13.2. The van der Waals surface area contributed by atoms with Crippen LogP contribution in [0.5, 0.6) is 5.75 Å². The van der Waals surface area contributed by atoms with Gasteiger partial charge in [0.25, 0.3) is 5.91 Å². The summed E-state index contributed by atoms with van der Waals surface area (Å²) in [7, 11) is 0.622. The molecule has 1 heterocycles. The second-order valence-electron chi connectivity index (χ2n) is 6.62. The Labute approximate surface area is 157 Å². The third-order valence-electron chi connectivity index (χ3n) is 4.95. The average molecular weight is 372 g/mol. The van der Waals surface area contributed by atoms with Crippen molar-refractivity contribution >= 4 is 16.7 Å². The largest absolute Gasteiger partial charge is 0.497 e. The lowest BCUT2D eigenvalue weighted by Gasteiger charge is -2.31. The van der Waals surface area contributed by atoms with Gasteiger partial charge in [0.15, 0.2) is 0 Å². The Bertz CT molecular complexity index is 771. The lowest BCUT2D eigenvalue weighted by atomic mass is 10.00. The highest BCUT2D eigenvalue weighted by Gasteiger charge is 2.27. The molecule has 2 aromatic carbocycles. The SMILES string of the molecule is COc1ccc(C2CCCCCN2C(=O)c2ccc(S(C)=O)cc2)cc1. The molecule has 1 saturated heterocycles. The van der Waals surface area contributed by atoms with E-state index >= 15 is 0 Å². The number of amides is 1. The fourth-order valence-electron chi connectivity index (χ4n) is 3.48. The lowest BCUT2D eigenvalue weighted by molar-refractivity contribution is 0.0681. The van der Waals surface area contributed by atoms with Gasteiger partial charge in [0.2, 0.25) is 0 Å². The molecule has 4 nitrogen and oxygen atoms in total. The Morgan fingerprint density at radius 3 is 2.35 bits per heavy atom. The van der Waals surface area contributed by atoms with Crippen LogP contribution in [-0.2, 0) is 10.8 Å². The number of hydrogen-bond acceptors (Lipinski definition) is 3. The molecule has 2 atom stereocenters. The second kappa shape index (κ2) is 8.49. The smallest absolute Gasteiger partial charge is 0.254 e. The number of likely N-dealkylation sites (tertiary alicyclic amines) is 1. The summed E-state index contributed by atoms with van der Waals surface area (Å²) in [4.78, 5) is 15.9. The quantitative estimate of drug-likeness (QED) is 0.810. The van der Waals surface area contributed by atoms with Crippen molar-refractivity contribution < 1.29 is 13.7 Å². The maximum absolute atomic E-state index is 13.2. The predicted molar refractivity (Wildman–Crippen MR) is 104 cm³/mol. The van der Waals surface area contributed by atoms with Crippen LogP contribution in [-0.4, -0.2) is 34.9 Å². The molecule has 5 heteroatoms. The van der Waals surface area contributed by atoms with Crippen molar-refractivity contribution in [1.29, 1.82) is 0 Å². The highest BCUT2D eigenvalue weighted by molar-refractivity contribution is 7.84. The van der Waals surface area contributed by atoms with E-state index in [-0.39, 0.29) is 11.9 Å². The first-order chi connectivity index (χ1) is 12.6. The van der Waals surface area contributed by atoms with Gasteiger partial charge in [-0.15, -0.1) is 0 Å². The molecule has 0 aromatic heterocycles. The monoisotopic (exact) mass is 371 g/mol. The van der Waals surface area contributed by atoms with E-state index in [1.807, 2.05) is 17.0 Å². The van der Waals surface area contributed by atoms with Crippen LogP contribution in [0.3, 0.4) is 0 Å². The number of methoxy groups -OCH3 is 1. The van der Waals surface area contributed by atoms with Crippen LogP contribution in [0.1, 0.15) is 47.6 Å². The number of carbonyl (C=O) groups is 1. The molecule has 1 fully saturated rings. The van der Waals surface area contributed by atoms with Gasteiger partial charge in [-0.2, -0.15) is 0 Å². The highest BCUT2D eigenvalue weighted by atomic mass is 32.2. The van der Waals surface area contributed by atoms with Crippen LogP contribution in [0.2, 0.25) is 0 Å². The molecule has 138 valence electrons. The summed E-state index contributed by atoms with van der Waals surface area (Å²) in [5, 5.41) is 0. The Morgan fingerprint density at radius 2 is 1.73 bits per heavy atom. The molecule has 0 radical (unpaired) electrons. The van der Waals surface area contributed by atoms with Gasteiger partial charge in [-0.3, -0.25) is 9.00 Å². The molecule has 1 amide bonds. The van der Waals surface area contributed by atoms with Gasteiger partial charge in [-0.1, -0.05) is 25.0 Å². The summed E-state index contributed by atoms with van der Waals surface area (Å²) in [5.41, 5.74) is 1.80. The molecule has 0 N–H and O–H groups in total. The topological polar surface area (TPSA) is 46.6 Å². The Kier molecular flexibility index (Phi) is 6.09. The summed E-state index contributed by atoms with van der Waals surface area (Å²) >= 11 is 0. The summed E-state index contributed by atoms with van der Waals surface area (Å²) in [5.74, 6) is 0.865. The molecule has 0 bridgehead atoms. The second-order valence-corrected chi connectivity index (χ2v) is 7.99. The minimum atomic E-state index is -1.03. The Hall–Kier alpha value is -2.14. The van der Waals surface area contributed by atoms with Crippen LogP contribution < -0.4 is 4.74 Å². The first-order valence-electron chi connectivity index (χ1n) is 8.98. The van der Waals surface area contributed by atoms with E-state index < -0.39 is 10.8 Å². The molecule has 2 unspecified atom stereocenters. The van der Waals surface area contributed by atoms with E-state index in [4.69, 9.17) is 4.74 Å². The first kappa shape index (κ1) is 18.6. The zero-order valence-electron chi connectivity index (χ0n) is 15.3. The first-order valence-corrected chi connectivity index (χ1v) is 10.5. The van der Waals surface area contributed by atoms with Crippen LogP contribution in [0.15, 0.2) is 53.4 Å². The molecule has 1 aliphatic rings. The molecule has 3 rings (SSSR count). The molecular formula is C21H25NO3S. The zero-order chi connectivity index (χ0) is 18.5. The number of rotatable bonds is 4. The van der Waals surface area contributed by atoms with Crippen molar-refractivity contribution in [3.05, 3.63) is 59.7 Å². The number of ether oxygens (including phenoxy) is 1. The number of carbonyl (C=O) groups excluding carboxylic acids is 1. The molecule has 0 spiro atoms. The lowest BCUT2D eigenvalue weighted by Crippen LogP contribution is -2.34. The average Bonchev–Trinajstić information content (AvgIpc) is 2.93. The van der Waals surface area contributed by atoms with E-state index in [9.17, 15) is 9.00 Å². The molecule has 2 aromatic rings. The van der Waals surface area contributed by atoms with Gasteiger partial charge in [-0.25, -0.2) is 0 Å². The number of benzene rings is 2. The van der Waals surface area contributed by atoms with E-state index in [1.54, 1.807) is 37.6 Å². The third kappa shape index (κ3) is 4.15. The van der Waals surface area contributed by atoms with Crippen LogP contribution in [0, 0.1) is 0 Å². The van der Waals surface area contributed by atoms with Gasteiger partial charge < -0.3 is 9.64 Å². The van der Waals surface area contributed by atoms with Crippen molar-refractivity contribution in [1.82, 2.24) is 4.90 Å². The summed E-state index contributed by atoms with van der Waals surface area (Å²) < 4.78 is 16.8. The molecule has 0 saturated carbocycles. The fraction of sp³-hybridized carbons (Fsp3) is 0.381. The molecule has 0 aliphatic carbocycles. The summed E-state index contributed by atoms with van der Waals surface area (Å²) in [6.07, 6.45) is 5.90. The minimum Gasteiger partial charge on any atom is -0.497 e. The van der Waals surface area contributed by atoms with Crippen LogP contribution in [0.25, 0.3) is 0 Å². The van der Waals surface area contributed by atoms with Gasteiger partial charge in [0, 0.05) is 34.1 Å². The standard InChI is InChI=1S/C21H25NO3S/c1-25-18-11-7-16(8-12-18)20-6-4-3-5-15-22(20)21(23)17-9-13-19(14-10-17)26(2)24/h7-14,20H,3-6,15H2,1-2H3. The van der Waals surface area contributed by atoms with Crippen molar-refractivity contribution in [3.8, 4) is 5.75 Å². The predicted octanol–water partition coefficient (Wildman–Crippen LogP) is 4.19. The van der Waals surface area contributed by atoms with E-state index in [2.05, 4.69) is 12.1 Å². The van der Waals surface area contributed by atoms with E-state index in [0.29, 0.717) is 5.56 Å². The van der Waals surface area contributed by atoms with Gasteiger partial charge in [0.1, 0.15) is 5.75 Å². The Balaban J connectivity index is 1.87. The van der Waals surface area contributed by atoms with Crippen molar-refractivity contribution in [2.45, 2.75) is 36.6 Å². The van der Waals surface area contributed by atoms with Gasteiger partial charge in [0.05, 0.1) is 13.2 Å². The summed E-state index contributed by atoms with van der Waals surface area (Å²) in [6.45, 7) is 0.761. The normalized spacial score (nSPS) is 18.8. The van der Waals surface area contributed by atoms with E-state index in [0.717, 1.165) is 48.4 Å². The Morgan fingerprint density at radius 1 is 1.04 bits per heavy atom. The van der Waals surface area contributed by atoms with E-state index in [1.165, 1.54) is 0 Å². The van der Waals surface area contributed by atoms with Crippen LogP contribution >= 0.6 is 0 Å². The summed E-state index contributed by atoms with van der Waals surface area (Å²) in [6, 6.07) is 15.2. The molecular weight excluding hydrogens is 346 g/mol. The maximum Gasteiger partial charge on any atom is 0.254 e. The molecule has 1 aliphatic heterocycles. The molecule has 26 heavy (non-hydrogen) atoms.